The first-order chi connectivity index (χ1) is 8.88. The van der Waals surface area contributed by atoms with Gasteiger partial charge < -0.3 is 16.0 Å². The van der Waals surface area contributed by atoms with Crippen molar-refractivity contribution in [3.05, 3.63) is 0 Å². The van der Waals surface area contributed by atoms with Gasteiger partial charge in [-0.1, -0.05) is 37.9 Å². The summed E-state index contributed by atoms with van der Waals surface area (Å²) in [6.45, 7) is 2.83. The Bertz CT molecular complexity index is 323. The number of amides is 1. The summed E-state index contributed by atoms with van der Waals surface area (Å²) in [7, 11) is 4.00. The van der Waals surface area contributed by atoms with E-state index in [1.165, 1.54) is 12.8 Å². The molecule has 5 heteroatoms. The molecule has 1 aliphatic rings. The average molecular weight is 285 g/mol. The molecular formula is C14H27N3OS. The molecule has 1 fully saturated rings. The summed E-state index contributed by atoms with van der Waals surface area (Å²) >= 11 is 5.21. The quantitative estimate of drug-likeness (QED) is 0.596. The van der Waals surface area contributed by atoms with Gasteiger partial charge in [-0.15, -0.1) is 0 Å². The molecule has 1 atom stereocenters. The first kappa shape index (κ1) is 16.4. The maximum Gasteiger partial charge on any atom is 0.233 e. The third-order valence-corrected chi connectivity index (χ3v) is 4.27. The SMILES string of the molecule is CC(CN(C)C)NC(=O)C1(C(N)=S)CCCCCC1. The zero-order chi connectivity index (χ0) is 14.5. The topological polar surface area (TPSA) is 58.4 Å². The van der Waals surface area contributed by atoms with Crippen LogP contribution in [0.1, 0.15) is 45.4 Å². The fraction of sp³-hybridized carbons (Fsp3) is 0.857. The number of rotatable bonds is 5. The summed E-state index contributed by atoms with van der Waals surface area (Å²) in [5, 5.41) is 3.08. The fourth-order valence-corrected chi connectivity index (χ4v) is 3.17. The maximum absolute atomic E-state index is 12.6. The van der Waals surface area contributed by atoms with Crippen LogP contribution in [-0.2, 0) is 4.79 Å². The summed E-state index contributed by atoms with van der Waals surface area (Å²) in [4.78, 5) is 15.0. The molecule has 0 aromatic heterocycles. The highest BCUT2D eigenvalue weighted by Crippen LogP contribution is 2.35. The van der Waals surface area contributed by atoms with Gasteiger partial charge in [0.1, 0.15) is 0 Å². The molecule has 0 saturated heterocycles. The van der Waals surface area contributed by atoms with Gasteiger partial charge in [0.25, 0.3) is 0 Å². The van der Waals surface area contributed by atoms with Gasteiger partial charge in [-0.2, -0.15) is 0 Å². The highest BCUT2D eigenvalue weighted by atomic mass is 32.1. The third kappa shape index (κ3) is 4.42. The van der Waals surface area contributed by atoms with Crippen molar-refractivity contribution in [1.82, 2.24) is 10.2 Å². The molecule has 1 aliphatic carbocycles. The van der Waals surface area contributed by atoms with Gasteiger partial charge >= 0.3 is 0 Å². The number of thiocarbonyl (C=S) groups is 1. The van der Waals surface area contributed by atoms with E-state index in [2.05, 4.69) is 10.2 Å². The van der Waals surface area contributed by atoms with Crippen LogP contribution in [0.15, 0.2) is 0 Å². The highest BCUT2D eigenvalue weighted by molar-refractivity contribution is 7.80. The van der Waals surface area contributed by atoms with Crippen molar-refractivity contribution >= 4 is 23.1 Å². The molecule has 0 aromatic carbocycles. The molecule has 4 nitrogen and oxygen atoms in total. The van der Waals surface area contributed by atoms with E-state index < -0.39 is 5.41 Å². The summed E-state index contributed by atoms with van der Waals surface area (Å²) in [6.07, 6.45) is 6.00. The summed E-state index contributed by atoms with van der Waals surface area (Å²) in [5.41, 5.74) is 5.29. The Hall–Kier alpha value is -0.680. The number of hydrogen-bond donors (Lipinski definition) is 2. The monoisotopic (exact) mass is 285 g/mol. The molecule has 0 radical (unpaired) electrons. The molecule has 0 heterocycles. The van der Waals surface area contributed by atoms with E-state index in [4.69, 9.17) is 18.0 Å². The lowest BCUT2D eigenvalue weighted by atomic mass is 9.79. The van der Waals surface area contributed by atoms with Crippen LogP contribution < -0.4 is 11.1 Å². The predicted octanol–water partition coefficient (Wildman–Crippen LogP) is 1.68. The number of nitrogens with two attached hydrogens (primary N) is 1. The van der Waals surface area contributed by atoms with E-state index in [-0.39, 0.29) is 11.9 Å². The average Bonchev–Trinajstić information content (AvgIpc) is 2.53. The molecular weight excluding hydrogens is 258 g/mol. The molecule has 110 valence electrons. The van der Waals surface area contributed by atoms with Crippen molar-refractivity contribution in [3.63, 3.8) is 0 Å². The normalized spacial score (nSPS) is 20.6. The Morgan fingerprint density at radius 2 is 1.84 bits per heavy atom. The van der Waals surface area contributed by atoms with E-state index in [1.54, 1.807) is 0 Å². The number of likely N-dealkylation sites (N-methyl/N-ethyl adjacent to an activating group) is 1. The first-order valence-corrected chi connectivity index (χ1v) is 7.55. The second-order valence-corrected chi connectivity index (χ2v) is 6.44. The Morgan fingerprint density at radius 1 is 1.32 bits per heavy atom. The summed E-state index contributed by atoms with van der Waals surface area (Å²) in [5.74, 6) is 0.0243. The van der Waals surface area contributed by atoms with Crippen molar-refractivity contribution in [3.8, 4) is 0 Å². The zero-order valence-electron chi connectivity index (χ0n) is 12.4. The lowest BCUT2D eigenvalue weighted by Crippen LogP contribution is -2.52. The number of carbonyl (C=O) groups is 1. The van der Waals surface area contributed by atoms with Gasteiger partial charge in [-0.3, -0.25) is 4.79 Å². The lowest BCUT2D eigenvalue weighted by molar-refractivity contribution is -0.128. The van der Waals surface area contributed by atoms with Crippen LogP contribution in [0.4, 0.5) is 0 Å². The fourth-order valence-electron chi connectivity index (χ4n) is 2.87. The Balaban J connectivity index is 2.75. The number of nitrogens with one attached hydrogen (secondary N) is 1. The van der Waals surface area contributed by atoms with Crippen LogP contribution in [0.5, 0.6) is 0 Å². The van der Waals surface area contributed by atoms with E-state index in [1.807, 2.05) is 21.0 Å². The Labute approximate surface area is 122 Å². The zero-order valence-corrected chi connectivity index (χ0v) is 13.2. The van der Waals surface area contributed by atoms with Crippen LogP contribution in [0, 0.1) is 5.41 Å². The maximum atomic E-state index is 12.6. The third-order valence-electron chi connectivity index (χ3n) is 3.88. The van der Waals surface area contributed by atoms with E-state index in [9.17, 15) is 4.79 Å². The molecule has 0 bridgehead atoms. The van der Waals surface area contributed by atoms with Crippen molar-refractivity contribution in [2.45, 2.75) is 51.5 Å². The van der Waals surface area contributed by atoms with Gasteiger partial charge in [-0.25, -0.2) is 0 Å². The van der Waals surface area contributed by atoms with E-state index >= 15 is 0 Å². The molecule has 3 N–H and O–H groups in total. The predicted molar refractivity (Wildman–Crippen MR) is 83.1 cm³/mol. The van der Waals surface area contributed by atoms with Crippen LogP contribution in [0.2, 0.25) is 0 Å². The molecule has 1 unspecified atom stereocenters. The first-order valence-electron chi connectivity index (χ1n) is 7.14. The molecule has 0 aromatic rings. The van der Waals surface area contributed by atoms with Crippen molar-refractivity contribution in [2.75, 3.05) is 20.6 Å². The Morgan fingerprint density at radius 3 is 2.26 bits per heavy atom. The smallest absolute Gasteiger partial charge is 0.233 e. The number of nitrogens with zero attached hydrogens (tertiary/aromatic N) is 1. The Kier molecular flexibility index (Phi) is 6.20. The van der Waals surface area contributed by atoms with E-state index in [0.717, 1.165) is 32.2 Å². The minimum atomic E-state index is -0.619. The van der Waals surface area contributed by atoms with Crippen LogP contribution in [0.3, 0.4) is 0 Å². The van der Waals surface area contributed by atoms with Crippen LogP contribution in [0.25, 0.3) is 0 Å². The lowest BCUT2D eigenvalue weighted by Gasteiger charge is -2.32. The second-order valence-electron chi connectivity index (χ2n) is 6.00. The van der Waals surface area contributed by atoms with Gasteiger partial charge in [-0.05, 0) is 33.9 Å². The van der Waals surface area contributed by atoms with Crippen molar-refractivity contribution in [1.29, 1.82) is 0 Å². The highest BCUT2D eigenvalue weighted by Gasteiger charge is 2.41. The molecule has 1 rings (SSSR count). The number of carbonyl (C=O) groups excluding carboxylic acids is 1. The van der Waals surface area contributed by atoms with E-state index in [0.29, 0.717) is 4.99 Å². The van der Waals surface area contributed by atoms with Crippen LogP contribution in [-0.4, -0.2) is 42.5 Å². The van der Waals surface area contributed by atoms with Gasteiger partial charge in [0.05, 0.1) is 10.4 Å². The molecule has 1 amide bonds. The standard InChI is InChI=1S/C14H27N3OS/c1-11(10-17(2)3)16-13(18)14(12(15)19)8-6-4-5-7-9-14/h11H,4-10H2,1-3H3,(H2,15,19)(H,16,18). The molecule has 0 aliphatic heterocycles. The van der Waals surface area contributed by atoms with Crippen molar-refractivity contribution in [2.24, 2.45) is 11.1 Å². The summed E-state index contributed by atoms with van der Waals surface area (Å²) in [6, 6.07) is 0.108. The minimum absolute atomic E-state index is 0.0243. The second kappa shape index (κ2) is 7.20. The van der Waals surface area contributed by atoms with Crippen LogP contribution >= 0.6 is 12.2 Å². The number of hydrogen-bond acceptors (Lipinski definition) is 3. The molecule has 19 heavy (non-hydrogen) atoms. The largest absolute Gasteiger partial charge is 0.392 e. The molecule has 1 saturated carbocycles. The van der Waals surface area contributed by atoms with Gasteiger partial charge in [0.15, 0.2) is 0 Å². The van der Waals surface area contributed by atoms with Crippen molar-refractivity contribution < 1.29 is 4.79 Å². The molecule has 0 spiro atoms. The van der Waals surface area contributed by atoms with Gasteiger partial charge in [0.2, 0.25) is 5.91 Å². The van der Waals surface area contributed by atoms with Gasteiger partial charge in [0, 0.05) is 12.6 Å². The summed E-state index contributed by atoms with van der Waals surface area (Å²) < 4.78 is 0. The minimum Gasteiger partial charge on any atom is -0.392 e.